The SMILES string of the molecule is O=[As](O)(c1cccc(O)c1)c1cccc(O)c1. The Balaban J connectivity index is 2.53. The van der Waals surface area contributed by atoms with Gasteiger partial charge in [0.1, 0.15) is 0 Å². The molecule has 0 aromatic heterocycles. The van der Waals surface area contributed by atoms with Crippen molar-refractivity contribution in [2.24, 2.45) is 0 Å². The van der Waals surface area contributed by atoms with Gasteiger partial charge < -0.3 is 0 Å². The summed E-state index contributed by atoms with van der Waals surface area (Å²) in [5.41, 5.74) is 0. The molecule has 0 atom stereocenters. The number of aromatic hydroxyl groups is 2. The quantitative estimate of drug-likeness (QED) is 0.685. The summed E-state index contributed by atoms with van der Waals surface area (Å²) >= 11 is -4.46. The summed E-state index contributed by atoms with van der Waals surface area (Å²) < 4.78 is 22.8. The van der Waals surface area contributed by atoms with Gasteiger partial charge in [-0.05, 0) is 0 Å². The van der Waals surface area contributed by atoms with Crippen molar-refractivity contribution in [1.82, 2.24) is 0 Å². The molecule has 2 aromatic carbocycles. The monoisotopic (exact) mass is 294 g/mol. The number of phenols is 2. The van der Waals surface area contributed by atoms with Crippen LogP contribution in [0.15, 0.2) is 48.5 Å². The predicted molar refractivity (Wildman–Crippen MR) is 64.1 cm³/mol. The Kier molecular flexibility index (Phi) is 3.01. The molecule has 0 radical (unpaired) electrons. The van der Waals surface area contributed by atoms with Crippen molar-refractivity contribution >= 4 is 22.5 Å². The number of hydrogen-bond donors (Lipinski definition) is 3. The Bertz CT molecular complexity index is 545. The summed E-state index contributed by atoms with van der Waals surface area (Å²) in [7, 11) is 0. The molecule has 0 unspecified atom stereocenters. The zero-order valence-electron chi connectivity index (χ0n) is 8.82. The van der Waals surface area contributed by atoms with Crippen LogP contribution in [0.2, 0.25) is 0 Å². The second kappa shape index (κ2) is 4.32. The minimum absolute atomic E-state index is 0.0571. The molecule has 0 saturated heterocycles. The van der Waals surface area contributed by atoms with Crippen molar-refractivity contribution in [2.75, 3.05) is 0 Å². The predicted octanol–water partition coefficient (Wildman–Crippen LogP) is 0.0770. The van der Waals surface area contributed by atoms with E-state index in [9.17, 15) is 18.0 Å². The van der Waals surface area contributed by atoms with Gasteiger partial charge in [0.2, 0.25) is 0 Å². The fraction of sp³-hybridized carbons (Fsp3) is 0. The molecule has 0 fully saturated rings. The average Bonchev–Trinajstić information content (AvgIpc) is 2.29. The summed E-state index contributed by atoms with van der Waals surface area (Å²) in [4.78, 5) is 0. The van der Waals surface area contributed by atoms with E-state index in [0.29, 0.717) is 0 Å². The average molecular weight is 294 g/mol. The molecule has 88 valence electrons. The molecule has 2 rings (SSSR count). The van der Waals surface area contributed by atoms with Gasteiger partial charge >= 0.3 is 101 Å². The van der Waals surface area contributed by atoms with Gasteiger partial charge in [0, 0.05) is 0 Å². The Morgan fingerprint density at radius 2 is 1.24 bits per heavy atom. The van der Waals surface area contributed by atoms with Crippen LogP contribution in [-0.4, -0.2) is 28.1 Å². The molecule has 0 saturated carbocycles. The van der Waals surface area contributed by atoms with Crippen LogP contribution in [0.3, 0.4) is 0 Å². The number of benzene rings is 2. The van der Waals surface area contributed by atoms with Gasteiger partial charge in [-0.15, -0.1) is 0 Å². The van der Waals surface area contributed by atoms with Gasteiger partial charge in [-0.2, -0.15) is 0 Å². The Morgan fingerprint density at radius 1 is 0.824 bits per heavy atom. The van der Waals surface area contributed by atoms with E-state index in [1.165, 1.54) is 48.5 Å². The summed E-state index contributed by atoms with van der Waals surface area (Å²) in [5.74, 6) is -0.114. The Morgan fingerprint density at radius 3 is 1.59 bits per heavy atom. The van der Waals surface area contributed by atoms with E-state index >= 15 is 0 Å². The van der Waals surface area contributed by atoms with E-state index in [1.807, 2.05) is 0 Å². The van der Waals surface area contributed by atoms with Crippen molar-refractivity contribution in [1.29, 1.82) is 0 Å². The minimum atomic E-state index is -4.46. The number of hydrogen-bond acceptors (Lipinski definition) is 3. The molecule has 0 aliphatic rings. The fourth-order valence-electron chi connectivity index (χ4n) is 1.51. The molecular formula is C12H11AsO4. The van der Waals surface area contributed by atoms with Crippen LogP contribution in [0.25, 0.3) is 0 Å². The molecule has 0 heterocycles. The number of phenolic OH excluding ortho intramolecular Hbond substituents is 2. The standard InChI is InChI=1S/C12H11AsO4/c14-11-5-1-3-9(7-11)13(16,17)10-4-2-6-12(15)8-10/h1-8,14-15H,(H,16,17). The molecule has 5 heteroatoms. The van der Waals surface area contributed by atoms with Gasteiger partial charge in [0.25, 0.3) is 0 Å². The molecule has 0 amide bonds. The van der Waals surface area contributed by atoms with E-state index in [2.05, 4.69) is 0 Å². The first-order chi connectivity index (χ1) is 8.00. The maximum absolute atomic E-state index is 12.3. The zero-order valence-corrected chi connectivity index (χ0v) is 10.7. The van der Waals surface area contributed by atoms with Crippen molar-refractivity contribution in [2.45, 2.75) is 0 Å². The zero-order chi connectivity index (χ0) is 12.5. The van der Waals surface area contributed by atoms with Crippen molar-refractivity contribution in [3.05, 3.63) is 48.5 Å². The van der Waals surface area contributed by atoms with E-state index in [-0.39, 0.29) is 20.2 Å². The van der Waals surface area contributed by atoms with E-state index in [1.54, 1.807) is 0 Å². The van der Waals surface area contributed by atoms with Crippen LogP contribution < -0.4 is 8.70 Å². The van der Waals surface area contributed by atoms with Gasteiger partial charge in [-0.25, -0.2) is 0 Å². The molecule has 0 spiro atoms. The second-order valence-corrected chi connectivity index (χ2v) is 8.20. The first kappa shape index (κ1) is 11.8. The van der Waals surface area contributed by atoms with Crippen molar-refractivity contribution in [3.63, 3.8) is 0 Å². The topological polar surface area (TPSA) is 77.8 Å². The van der Waals surface area contributed by atoms with Crippen LogP contribution in [0.1, 0.15) is 0 Å². The van der Waals surface area contributed by atoms with Gasteiger partial charge in [0.05, 0.1) is 0 Å². The third kappa shape index (κ3) is 2.38. The third-order valence-corrected chi connectivity index (χ3v) is 6.46. The fourth-order valence-corrected chi connectivity index (χ4v) is 4.64. The molecule has 0 aliphatic heterocycles. The molecule has 4 nitrogen and oxygen atoms in total. The number of rotatable bonds is 2. The molecular weight excluding hydrogens is 283 g/mol. The van der Waals surface area contributed by atoms with Crippen LogP contribution in [-0.2, 0) is 3.74 Å². The Hall–Kier alpha value is -1.64. The molecule has 0 bridgehead atoms. The second-order valence-electron chi connectivity index (χ2n) is 3.62. The molecule has 2 aromatic rings. The molecule has 3 N–H and O–H groups in total. The normalized spacial score (nSPS) is 11.4. The van der Waals surface area contributed by atoms with E-state index in [0.717, 1.165) is 0 Å². The van der Waals surface area contributed by atoms with Crippen LogP contribution in [0, 0.1) is 0 Å². The summed E-state index contributed by atoms with van der Waals surface area (Å²) in [6.07, 6.45) is 0. The van der Waals surface area contributed by atoms with Crippen LogP contribution >= 0.6 is 0 Å². The van der Waals surface area contributed by atoms with E-state index in [4.69, 9.17) is 0 Å². The van der Waals surface area contributed by atoms with Gasteiger partial charge in [-0.3, -0.25) is 0 Å². The Labute approximate surface area is 101 Å². The summed E-state index contributed by atoms with van der Waals surface area (Å²) in [6, 6.07) is 11.4. The third-order valence-electron chi connectivity index (χ3n) is 2.36. The molecule has 17 heavy (non-hydrogen) atoms. The van der Waals surface area contributed by atoms with Gasteiger partial charge in [-0.1, -0.05) is 0 Å². The van der Waals surface area contributed by atoms with E-state index < -0.39 is 13.8 Å². The summed E-state index contributed by atoms with van der Waals surface area (Å²) in [5, 5.41) is 18.6. The van der Waals surface area contributed by atoms with Crippen molar-refractivity contribution in [3.8, 4) is 11.5 Å². The maximum atomic E-state index is 12.3. The van der Waals surface area contributed by atoms with Crippen LogP contribution in [0.5, 0.6) is 11.5 Å². The van der Waals surface area contributed by atoms with Crippen LogP contribution in [0.4, 0.5) is 0 Å². The van der Waals surface area contributed by atoms with Crippen molar-refractivity contribution < 1.29 is 18.0 Å². The first-order valence-corrected chi connectivity index (χ1v) is 8.40. The van der Waals surface area contributed by atoms with Gasteiger partial charge in [0.15, 0.2) is 0 Å². The molecule has 0 aliphatic carbocycles. The first-order valence-electron chi connectivity index (χ1n) is 4.92. The summed E-state index contributed by atoms with van der Waals surface area (Å²) in [6.45, 7) is 0.